The number of carbonyl (C=O) groups is 2. The smallest absolute Gasteiger partial charge is 0.273 e. The van der Waals surface area contributed by atoms with Crippen molar-refractivity contribution < 1.29 is 14.0 Å². The molecule has 1 fully saturated rings. The standard InChI is InChI=1S/C19H15FN2O2S2/c1-21(2)15-9-3-12(4-10-15)11-16-18(24)22(19(25)26-16)17(23)13-5-7-14(20)8-6-13/h3-11H,1-2H3/b16-11+. The molecule has 0 saturated carbocycles. The highest BCUT2D eigenvalue weighted by atomic mass is 32.2. The van der Waals surface area contributed by atoms with E-state index in [1.807, 2.05) is 43.3 Å². The van der Waals surface area contributed by atoms with Crippen molar-refractivity contribution in [2.45, 2.75) is 0 Å². The summed E-state index contributed by atoms with van der Waals surface area (Å²) in [6, 6.07) is 12.7. The predicted molar refractivity (Wildman–Crippen MR) is 107 cm³/mol. The minimum Gasteiger partial charge on any atom is -0.378 e. The molecule has 0 unspecified atom stereocenters. The zero-order valence-corrected chi connectivity index (χ0v) is 15.7. The van der Waals surface area contributed by atoms with Gasteiger partial charge in [-0.2, -0.15) is 0 Å². The van der Waals surface area contributed by atoms with E-state index in [-0.39, 0.29) is 9.88 Å². The monoisotopic (exact) mass is 386 g/mol. The second-order valence-corrected chi connectivity index (χ2v) is 7.49. The molecule has 0 atom stereocenters. The molecule has 3 rings (SSSR count). The van der Waals surface area contributed by atoms with Gasteiger partial charge >= 0.3 is 0 Å². The summed E-state index contributed by atoms with van der Waals surface area (Å²) in [5.74, 6) is -1.47. The molecule has 0 aliphatic carbocycles. The second kappa shape index (κ2) is 7.39. The molecular formula is C19H15FN2O2S2. The number of anilines is 1. The van der Waals surface area contributed by atoms with Gasteiger partial charge in [0.15, 0.2) is 4.32 Å². The van der Waals surface area contributed by atoms with Gasteiger partial charge < -0.3 is 4.90 Å². The molecule has 2 amide bonds. The third kappa shape index (κ3) is 3.68. The van der Waals surface area contributed by atoms with Crippen LogP contribution in [0.15, 0.2) is 53.4 Å². The van der Waals surface area contributed by atoms with Crippen LogP contribution in [0.25, 0.3) is 6.08 Å². The zero-order valence-electron chi connectivity index (χ0n) is 14.1. The molecule has 1 heterocycles. The Bertz CT molecular complexity index is 906. The predicted octanol–water partition coefficient (Wildman–Crippen LogP) is 3.93. The lowest BCUT2D eigenvalue weighted by molar-refractivity contribution is -0.120. The molecule has 0 aromatic heterocycles. The van der Waals surface area contributed by atoms with Crippen molar-refractivity contribution in [1.29, 1.82) is 0 Å². The first kappa shape index (κ1) is 18.3. The van der Waals surface area contributed by atoms with Gasteiger partial charge in [0.05, 0.1) is 4.91 Å². The summed E-state index contributed by atoms with van der Waals surface area (Å²) in [4.78, 5) is 28.5. The molecule has 26 heavy (non-hydrogen) atoms. The molecule has 0 N–H and O–H groups in total. The number of halogens is 1. The minimum absolute atomic E-state index is 0.167. The van der Waals surface area contributed by atoms with Gasteiger partial charge in [0.2, 0.25) is 0 Å². The number of amides is 2. The lowest BCUT2D eigenvalue weighted by Crippen LogP contribution is -2.34. The summed E-state index contributed by atoms with van der Waals surface area (Å²) in [5.41, 5.74) is 2.09. The SMILES string of the molecule is CN(C)c1ccc(/C=C2/SC(=S)N(C(=O)c3ccc(F)cc3)C2=O)cc1. The maximum absolute atomic E-state index is 13.0. The van der Waals surface area contributed by atoms with Crippen LogP contribution < -0.4 is 4.90 Å². The van der Waals surface area contributed by atoms with Crippen molar-refractivity contribution in [1.82, 2.24) is 4.90 Å². The highest BCUT2D eigenvalue weighted by Crippen LogP contribution is 2.33. The maximum Gasteiger partial charge on any atom is 0.273 e. The van der Waals surface area contributed by atoms with Gasteiger partial charge in [-0.3, -0.25) is 9.59 Å². The molecule has 2 aromatic carbocycles. The third-order valence-electron chi connectivity index (χ3n) is 3.80. The van der Waals surface area contributed by atoms with E-state index in [4.69, 9.17) is 12.2 Å². The average molecular weight is 386 g/mol. The molecule has 1 aliphatic rings. The van der Waals surface area contributed by atoms with Gasteiger partial charge in [0, 0.05) is 25.3 Å². The normalized spacial score (nSPS) is 15.7. The number of nitrogens with zero attached hydrogens (tertiary/aromatic N) is 2. The lowest BCUT2D eigenvalue weighted by atomic mass is 10.1. The largest absolute Gasteiger partial charge is 0.378 e. The number of hydrogen-bond acceptors (Lipinski definition) is 5. The fourth-order valence-corrected chi connectivity index (χ4v) is 3.64. The van der Waals surface area contributed by atoms with Gasteiger partial charge in [0.1, 0.15) is 5.82 Å². The molecule has 1 saturated heterocycles. The zero-order chi connectivity index (χ0) is 18.8. The summed E-state index contributed by atoms with van der Waals surface area (Å²) >= 11 is 6.27. The van der Waals surface area contributed by atoms with Crippen molar-refractivity contribution in [3.05, 3.63) is 70.4 Å². The lowest BCUT2D eigenvalue weighted by Gasteiger charge is -2.12. The highest BCUT2D eigenvalue weighted by Gasteiger charge is 2.37. The van der Waals surface area contributed by atoms with Crippen LogP contribution in [0.2, 0.25) is 0 Å². The average Bonchev–Trinajstić information content (AvgIpc) is 2.89. The van der Waals surface area contributed by atoms with Gasteiger partial charge in [-0.15, -0.1) is 0 Å². The van der Waals surface area contributed by atoms with Crippen molar-refractivity contribution in [3.63, 3.8) is 0 Å². The van der Waals surface area contributed by atoms with E-state index in [2.05, 4.69) is 0 Å². The highest BCUT2D eigenvalue weighted by molar-refractivity contribution is 8.26. The van der Waals surface area contributed by atoms with E-state index >= 15 is 0 Å². The number of imide groups is 1. The number of carbonyl (C=O) groups excluding carboxylic acids is 2. The van der Waals surface area contributed by atoms with Crippen molar-refractivity contribution >= 4 is 51.9 Å². The van der Waals surface area contributed by atoms with Gasteiger partial charge in [-0.05, 0) is 48.0 Å². The first-order valence-electron chi connectivity index (χ1n) is 7.72. The molecule has 1 aliphatic heterocycles. The van der Waals surface area contributed by atoms with Crippen LogP contribution in [0.5, 0.6) is 0 Å². The Kier molecular flexibility index (Phi) is 5.20. The van der Waals surface area contributed by atoms with Gasteiger partial charge in [-0.1, -0.05) is 36.1 Å². The number of thiocarbonyl (C=S) groups is 1. The fourth-order valence-electron chi connectivity index (χ4n) is 2.38. The summed E-state index contributed by atoms with van der Waals surface area (Å²) in [5, 5.41) is 0. The van der Waals surface area contributed by atoms with Crippen LogP contribution in [0, 0.1) is 5.82 Å². The topological polar surface area (TPSA) is 40.6 Å². The Labute approximate surface area is 160 Å². The third-order valence-corrected chi connectivity index (χ3v) is 5.10. The molecule has 0 bridgehead atoms. The Morgan fingerprint density at radius 3 is 2.31 bits per heavy atom. The Balaban J connectivity index is 1.84. The summed E-state index contributed by atoms with van der Waals surface area (Å²) in [6.07, 6.45) is 1.71. The first-order chi connectivity index (χ1) is 12.4. The van der Waals surface area contributed by atoms with E-state index in [0.29, 0.717) is 4.91 Å². The Morgan fingerprint density at radius 2 is 1.73 bits per heavy atom. The number of rotatable bonds is 3. The second-order valence-electron chi connectivity index (χ2n) is 5.82. The van der Waals surface area contributed by atoms with E-state index in [9.17, 15) is 14.0 Å². The van der Waals surface area contributed by atoms with E-state index in [0.717, 1.165) is 27.9 Å². The van der Waals surface area contributed by atoms with Crippen LogP contribution in [0.1, 0.15) is 15.9 Å². The van der Waals surface area contributed by atoms with Crippen LogP contribution in [0.3, 0.4) is 0 Å². The van der Waals surface area contributed by atoms with Crippen LogP contribution in [-0.4, -0.2) is 35.1 Å². The molecule has 0 radical (unpaired) electrons. The molecule has 4 nitrogen and oxygen atoms in total. The summed E-state index contributed by atoms with van der Waals surface area (Å²) in [7, 11) is 3.89. The van der Waals surface area contributed by atoms with Crippen molar-refractivity contribution in [2.75, 3.05) is 19.0 Å². The van der Waals surface area contributed by atoms with Gasteiger partial charge in [0.25, 0.3) is 11.8 Å². The minimum atomic E-state index is -0.557. The molecule has 132 valence electrons. The first-order valence-corrected chi connectivity index (χ1v) is 8.94. The van der Waals surface area contributed by atoms with E-state index < -0.39 is 17.6 Å². The number of benzene rings is 2. The van der Waals surface area contributed by atoms with E-state index in [1.54, 1.807) is 6.08 Å². The molecule has 2 aromatic rings. The van der Waals surface area contributed by atoms with Crippen LogP contribution >= 0.6 is 24.0 Å². The fraction of sp³-hybridized carbons (Fsp3) is 0.105. The quantitative estimate of drug-likeness (QED) is 0.454. The summed E-state index contributed by atoms with van der Waals surface area (Å²) in [6.45, 7) is 0. The van der Waals surface area contributed by atoms with Crippen LogP contribution in [-0.2, 0) is 4.79 Å². The number of thioether (sulfide) groups is 1. The molecular weight excluding hydrogens is 371 g/mol. The van der Waals surface area contributed by atoms with E-state index in [1.165, 1.54) is 24.3 Å². The van der Waals surface area contributed by atoms with Crippen LogP contribution in [0.4, 0.5) is 10.1 Å². The molecule has 0 spiro atoms. The van der Waals surface area contributed by atoms with Gasteiger partial charge in [-0.25, -0.2) is 9.29 Å². The Hall–Kier alpha value is -2.51. The maximum atomic E-state index is 13.0. The van der Waals surface area contributed by atoms with Crippen molar-refractivity contribution in [3.8, 4) is 0 Å². The van der Waals surface area contributed by atoms with Crippen molar-refractivity contribution in [2.24, 2.45) is 0 Å². The Morgan fingerprint density at radius 1 is 1.12 bits per heavy atom. The number of hydrogen-bond donors (Lipinski definition) is 0. The molecule has 7 heteroatoms. The summed E-state index contributed by atoms with van der Waals surface area (Å²) < 4.78 is 13.2.